The summed E-state index contributed by atoms with van der Waals surface area (Å²) in [7, 11) is 1.68. The van der Waals surface area contributed by atoms with Crippen LogP contribution >= 0.6 is 23.4 Å². The van der Waals surface area contributed by atoms with Gasteiger partial charge in [-0.05, 0) is 42.3 Å². The first kappa shape index (κ1) is 20.8. The van der Waals surface area contributed by atoms with E-state index in [9.17, 15) is 4.39 Å². The van der Waals surface area contributed by atoms with Gasteiger partial charge >= 0.3 is 0 Å². The molecule has 2 heterocycles. The number of halogens is 2. The molecule has 0 N–H and O–H groups in total. The molecule has 154 valence electrons. The summed E-state index contributed by atoms with van der Waals surface area (Å²) >= 11 is 7.94. The summed E-state index contributed by atoms with van der Waals surface area (Å²) in [5, 5.41) is 10.7. The summed E-state index contributed by atoms with van der Waals surface area (Å²) in [4.78, 5) is 4.37. The van der Waals surface area contributed by atoms with Crippen molar-refractivity contribution in [2.75, 3.05) is 13.7 Å². The number of aromatic nitrogens is 4. The third-order valence-corrected chi connectivity index (χ3v) is 6.06. The van der Waals surface area contributed by atoms with Gasteiger partial charge < -0.3 is 9.30 Å². The fraction of sp³-hybridized carbons (Fsp3) is 0.227. The molecular weight excluding hydrogens is 423 g/mol. The van der Waals surface area contributed by atoms with Gasteiger partial charge in [-0.25, -0.2) is 4.39 Å². The van der Waals surface area contributed by atoms with Crippen LogP contribution in [0.2, 0.25) is 5.02 Å². The molecule has 0 radical (unpaired) electrons. The first-order valence-electron chi connectivity index (χ1n) is 9.51. The van der Waals surface area contributed by atoms with Crippen molar-refractivity contribution in [1.29, 1.82) is 0 Å². The highest BCUT2D eigenvalue weighted by molar-refractivity contribution is 7.98. The lowest BCUT2D eigenvalue weighted by Crippen LogP contribution is -2.05. The Balaban J connectivity index is 1.64. The number of pyridine rings is 1. The topological polar surface area (TPSA) is 52.8 Å². The van der Waals surface area contributed by atoms with Crippen LogP contribution in [-0.2, 0) is 17.0 Å². The maximum absolute atomic E-state index is 14.1. The molecule has 30 heavy (non-hydrogen) atoms. The van der Waals surface area contributed by atoms with Crippen molar-refractivity contribution < 1.29 is 9.13 Å². The molecular formula is C22H20ClFN4OS. The number of hydrogen-bond donors (Lipinski definition) is 0. The van der Waals surface area contributed by atoms with Crippen LogP contribution in [0, 0.1) is 5.82 Å². The maximum atomic E-state index is 14.1. The Hall–Kier alpha value is -2.48. The lowest BCUT2D eigenvalue weighted by atomic mass is 10.1. The highest BCUT2D eigenvalue weighted by atomic mass is 35.5. The van der Waals surface area contributed by atoms with Crippen LogP contribution in [0.1, 0.15) is 12.0 Å². The van der Waals surface area contributed by atoms with Crippen molar-refractivity contribution in [3.8, 4) is 11.4 Å². The number of fused-ring (bicyclic) bond motifs is 1. The van der Waals surface area contributed by atoms with Gasteiger partial charge in [-0.1, -0.05) is 41.6 Å². The van der Waals surface area contributed by atoms with E-state index >= 15 is 0 Å². The minimum Gasteiger partial charge on any atom is -0.385 e. The molecule has 0 fully saturated rings. The second-order valence-electron chi connectivity index (χ2n) is 6.68. The molecule has 2 aromatic heterocycles. The van der Waals surface area contributed by atoms with Crippen LogP contribution < -0.4 is 0 Å². The average Bonchev–Trinajstić information content (AvgIpc) is 3.16. The molecule has 0 bridgehead atoms. The molecule has 0 atom stereocenters. The molecule has 5 nitrogen and oxygen atoms in total. The van der Waals surface area contributed by atoms with E-state index in [0.29, 0.717) is 34.8 Å². The number of thioether (sulfide) groups is 1. The van der Waals surface area contributed by atoms with E-state index in [4.69, 9.17) is 16.3 Å². The van der Waals surface area contributed by atoms with Gasteiger partial charge in [0.05, 0.1) is 10.5 Å². The van der Waals surface area contributed by atoms with E-state index < -0.39 is 0 Å². The first-order chi connectivity index (χ1) is 14.7. The third-order valence-electron chi connectivity index (χ3n) is 4.72. The largest absolute Gasteiger partial charge is 0.385 e. The Morgan fingerprint density at radius 2 is 1.97 bits per heavy atom. The fourth-order valence-corrected chi connectivity index (χ4v) is 4.43. The molecule has 0 amide bonds. The minimum atomic E-state index is -0.268. The zero-order chi connectivity index (χ0) is 20.9. The summed E-state index contributed by atoms with van der Waals surface area (Å²) in [6, 6.07) is 14.3. The smallest absolute Gasteiger partial charge is 0.191 e. The standard InChI is InChI=1S/C22H20ClFN4OS/c1-29-13-5-12-28-21(16-6-2-3-8-18(16)23)26-27-22(28)30-14-15-9-10-19(24)17-7-4-11-25-20(15)17/h2-4,6-11H,5,12-14H2,1H3. The zero-order valence-electron chi connectivity index (χ0n) is 16.4. The number of methoxy groups -OCH3 is 1. The van der Waals surface area contributed by atoms with Crippen molar-refractivity contribution in [2.24, 2.45) is 0 Å². The molecule has 4 aromatic rings. The molecule has 2 aromatic carbocycles. The number of nitrogens with zero attached hydrogens (tertiary/aromatic N) is 4. The van der Waals surface area contributed by atoms with Gasteiger partial charge in [0.1, 0.15) is 5.82 Å². The average molecular weight is 443 g/mol. The lowest BCUT2D eigenvalue weighted by Gasteiger charge is -2.11. The normalized spacial score (nSPS) is 11.3. The molecule has 0 unspecified atom stereocenters. The summed E-state index contributed by atoms with van der Waals surface area (Å²) in [6.45, 7) is 1.34. The fourth-order valence-electron chi connectivity index (χ4n) is 3.26. The summed E-state index contributed by atoms with van der Waals surface area (Å²) in [5.74, 6) is 1.05. The van der Waals surface area contributed by atoms with Gasteiger partial charge in [-0.15, -0.1) is 10.2 Å². The molecule has 0 saturated carbocycles. The Kier molecular flexibility index (Phi) is 6.62. The number of rotatable bonds is 8. The molecule has 0 spiro atoms. The Morgan fingerprint density at radius 1 is 1.10 bits per heavy atom. The number of hydrogen-bond acceptors (Lipinski definition) is 5. The Morgan fingerprint density at radius 3 is 2.80 bits per heavy atom. The van der Waals surface area contributed by atoms with E-state index in [0.717, 1.165) is 28.5 Å². The summed E-state index contributed by atoms with van der Waals surface area (Å²) < 4.78 is 21.4. The van der Waals surface area contributed by atoms with Crippen molar-refractivity contribution in [3.05, 3.63) is 71.1 Å². The third kappa shape index (κ3) is 4.33. The van der Waals surface area contributed by atoms with Crippen LogP contribution in [0.4, 0.5) is 4.39 Å². The number of benzene rings is 2. The molecule has 0 saturated heterocycles. The van der Waals surface area contributed by atoms with Gasteiger partial charge in [0.25, 0.3) is 0 Å². The molecule has 0 aliphatic rings. The summed E-state index contributed by atoms with van der Waals surface area (Å²) in [6.07, 6.45) is 2.50. The van der Waals surface area contributed by atoms with E-state index in [1.807, 2.05) is 24.3 Å². The summed E-state index contributed by atoms with van der Waals surface area (Å²) in [5.41, 5.74) is 2.45. The predicted octanol–water partition coefficient (Wildman–Crippen LogP) is 5.61. The van der Waals surface area contributed by atoms with Crippen LogP contribution in [0.5, 0.6) is 0 Å². The Labute approximate surface area is 183 Å². The monoisotopic (exact) mass is 442 g/mol. The minimum absolute atomic E-state index is 0.268. The molecule has 0 aliphatic carbocycles. The SMILES string of the molecule is COCCCn1c(SCc2ccc(F)c3cccnc23)nnc1-c1ccccc1Cl. The zero-order valence-corrected chi connectivity index (χ0v) is 18.0. The van der Waals surface area contributed by atoms with Crippen LogP contribution in [-0.4, -0.2) is 33.5 Å². The van der Waals surface area contributed by atoms with E-state index in [1.54, 1.807) is 43.3 Å². The molecule has 8 heteroatoms. The van der Waals surface area contributed by atoms with Gasteiger partial charge in [-0.3, -0.25) is 4.98 Å². The number of ether oxygens (including phenoxy) is 1. The predicted molar refractivity (Wildman–Crippen MR) is 118 cm³/mol. The lowest BCUT2D eigenvalue weighted by molar-refractivity contribution is 0.189. The molecule has 4 rings (SSSR count). The van der Waals surface area contributed by atoms with Crippen molar-refractivity contribution in [3.63, 3.8) is 0 Å². The first-order valence-corrected chi connectivity index (χ1v) is 10.9. The van der Waals surface area contributed by atoms with Gasteiger partial charge in [0, 0.05) is 43.2 Å². The van der Waals surface area contributed by atoms with Crippen molar-refractivity contribution in [1.82, 2.24) is 19.7 Å². The van der Waals surface area contributed by atoms with Crippen LogP contribution in [0.3, 0.4) is 0 Å². The second kappa shape index (κ2) is 9.55. The van der Waals surface area contributed by atoms with Gasteiger partial charge in [-0.2, -0.15) is 0 Å². The van der Waals surface area contributed by atoms with E-state index in [2.05, 4.69) is 19.7 Å². The maximum Gasteiger partial charge on any atom is 0.191 e. The molecule has 0 aliphatic heterocycles. The Bertz CT molecular complexity index is 1170. The highest BCUT2D eigenvalue weighted by Gasteiger charge is 2.17. The van der Waals surface area contributed by atoms with E-state index in [1.165, 1.54) is 6.07 Å². The van der Waals surface area contributed by atoms with Gasteiger partial charge in [0.2, 0.25) is 0 Å². The quantitative estimate of drug-likeness (QED) is 0.262. The van der Waals surface area contributed by atoms with E-state index in [-0.39, 0.29) is 5.82 Å². The van der Waals surface area contributed by atoms with Crippen molar-refractivity contribution >= 4 is 34.3 Å². The van der Waals surface area contributed by atoms with Crippen molar-refractivity contribution in [2.45, 2.75) is 23.9 Å². The highest BCUT2D eigenvalue weighted by Crippen LogP contribution is 2.32. The van der Waals surface area contributed by atoms with Gasteiger partial charge in [0.15, 0.2) is 11.0 Å². The van der Waals surface area contributed by atoms with Crippen LogP contribution in [0.25, 0.3) is 22.3 Å². The van der Waals surface area contributed by atoms with Crippen LogP contribution in [0.15, 0.2) is 59.9 Å². The second-order valence-corrected chi connectivity index (χ2v) is 8.03.